The molecule has 0 aliphatic carbocycles. The van der Waals surface area contributed by atoms with Crippen LogP contribution in [0.5, 0.6) is 0 Å². The van der Waals surface area contributed by atoms with Crippen LogP contribution >= 0.6 is 0 Å². The molecule has 0 radical (unpaired) electrons. The fraction of sp³-hybridized carbons (Fsp3) is 0.412. The summed E-state index contributed by atoms with van der Waals surface area (Å²) in [5.74, 6) is -0.0430. The van der Waals surface area contributed by atoms with Gasteiger partial charge in [-0.25, -0.2) is 4.39 Å². The van der Waals surface area contributed by atoms with E-state index in [4.69, 9.17) is 14.4 Å². The maximum absolute atomic E-state index is 12.9. The fourth-order valence-electron chi connectivity index (χ4n) is 2.82. The van der Waals surface area contributed by atoms with Gasteiger partial charge in [0, 0.05) is 24.9 Å². The third-order valence-corrected chi connectivity index (χ3v) is 3.84. The van der Waals surface area contributed by atoms with E-state index in [9.17, 15) is 9.18 Å². The van der Waals surface area contributed by atoms with E-state index in [0.717, 1.165) is 44.1 Å². The van der Waals surface area contributed by atoms with Gasteiger partial charge >= 0.3 is 0 Å². The van der Waals surface area contributed by atoms with E-state index in [1.165, 1.54) is 18.2 Å². The van der Waals surface area contributed by atoms with Crippen LogP contribution in [-0.4, -0.2) is 28.8 Å². The highest BCUT2D eigenvalue weighted by atomic mass is 19.1. The number of benzene rings is 1. The van der Waals surface area contributed by atoms with Gasteiger partial charge in [-0.05, 0) is 43.5 Å². The van der Waals surface area contributed by atoms with Crippen molar-refractivity contribution < 1.29 is 18.8 Å². The monoisotopic (exact) mass is 336 g/mol. The van der Waals surface area contributed by atoms with Crippen LogP contribution in [0, 0.1) is 5.82 Å². The number of hydrogen-bond donors (Lipinski definition) is 3. The molecule has 6 nitrogen and oxygen atoms in total. The summed E-state index contributed by atoms with van der Waals surface area (Å²) in [6, 6.07) is 8.46. The number of hydrogen-bond acceptors (Lipinski definition) is 4. The van der Waals surface area contributed by atoms with Crippen molar-refractivity contribution in [1.29, 1.82) is 0 Å². The Morgan fingerprint density at radius 2 is 2.04 bits per heavy atom. The number of H-pyrrole nitrogens is 1. The summed E-state index contributed by atoms with van der Waals surface area (Å²) in [5, 5.41) is 13.2. The minimum Gasteiger partial charge on any atom is -0.481 e. The van der Waals surface area contributed by atoms with Crippen molar-refractivity contribution >= 4 is 5.97 Å². The molecule has 3 rings (SSSR count). The second-order valence-corrected chi connectivity index (χ2v) is 5.84. The summed E-state index contributed by atoms with van der Waals surface area (Å²) in [4.78, 5) is 20.1. The molecule has 3 N–H and O–H groups in total. The zero-order valence-electron chi connectivity index (χ0n) is 13.4. The molecule has 0 amide bonds. The number of piperidine rings is 1. The predicted octanol–water partition coefficient (Wildman–Crippen LogP) is 2.28. The van der Waals surface area contributed by atoms with Crippen molar-refractivity contribution in [3.05, 3.63) is 57.8 Å². The minimum atomic E-state index is -0.833. The van der Waals surface area contributed by atoms with Crippen molar-refractivity contribution in [2.75, 3.05) is 6.54 Å². The largest absolute Gasteiger partial charge is 0.481 e. The normalized spacial score (nSPS) is 20.1. The lowest BCUT2D eigenvalue weighted by Crippen LogP contribution is -2.38. The van der Waals surface area contributed by atoms with Gasteiger partial charge in [0.1, 0.15) is 11.6 Å². The molecular weight excluding hydrogens is 315 g/mol. The zero-order valence-corrected chi connectivity index (χ0v) is 13.4. The first-order valence-corrected chi connectivity index (χ1v) is 7.80. The Morgan fingerprint density at radius 1 is 1.38 bits per heavy atom. The predicted molar refractivity (Wildman–Crippen MR) is 86.5 cm³/mol. The SMILES string of the molecule is CC(=O)O.O=c1cc(C2CCNC(Cc3ccc(F)cc3)C2)o[nH]1. The Balaban J connectivity index is 0.000000471. The second kappa shape index (κ2) is 8.44. The van der Waals surface area contributed by atoms with E-state index in [-0.39, 0.29) is 17.3 Å². The number of carboxylic acid groups (broad SMARTS) is 1. The first-order valence-electron chi connectivity index (χ1n) is 7.80. The zero-order chi connectivity index (χ0) is 17.5. The van der Waals surface area contributed by atoms with Gasteiger partial charge in [-0.15, -0.1) is 0 Å². The van der Waals surface area contributed by atoms with Crippen LogP contribution in [0.25, 0.3) is 0 Å². The summed E-state index contributed by atoms with van der Waals surface area (Å²) in [6.45, 7) is 1.98. The molecule has 24 heavy (non-hydrogen) atoms. The first-order chi connectivity index (χ1) is 11.4. The Morgan fingerprint density at radius 3 is 2.62 bits per heavy atom. The number of carboxylic acids is 1. The molecule has 2 unspecified atom stereocenters. The first kappa shape index (κ1) is 17.9. The maximum Gasteiger partial charge on any atom is 0.300 e. The highest BCUT2D eigenvalue weighted by Gasteiger charge is 2.25. The molecule has 2 atom stereocenters. The topological polar surface area (TPSA) is 95.3 Å². The van der Waals surface area contributed by atoms with Gasteiger partial charge in [0.05, 0.1) is 0 Å². The lowest BCUT2D eigenvalue weighted by atomic mass is 9.87. The fourth-order valence-corrected chi connectivity index (χ4v) is 2.82. The van der Waals surface area contributed by atoms with Crippen LogP contribution in [0.15, 0.2) is 39.6 Å². The Bertz CT molecular complexity index is 704. The van der Waals surface area contributed by atoms with Crippen LogP contribution < -0.4 is 10.9 Å². The summed E-state index contributed by atoms with van der Waals surface area (Å²) in [6.07, 6.45) is 2.73. The van der Waals surface area contributed by atoms with Crippen LogP contribution in [0.3, 0.4) is 0 Å². The molecule has 130 valence electrons. The molecule has 0 bridgehead atoms. The van der Waals surface area contributed by atoms with Crippen molar-refractivity contribution in [2.45, 2.75) is 38.1 Å². The van der Waals surface area contributed by atoms with E-state index in [1.807, 2.05) is 12.1 Å². The molecule has 1 aromatic carbocycles. The van der Waals surface area contributed by atoms with Crippen LogP contribution in [0.1, 0.15) is 37.0 Å². The van der Waals surface area contributed by atoms with Gasteiger partial charge < -0.3 is 14.9 Å². The third kappa shape index (κ3) is 5.66. The highest BCUT2D eigenvalue weighted by molar-refractivity contribution is 5.62. The lowest BCUT2D eigenvalue weighted by Gasteiger charge is -2.29. The van der Waals surface area contributed by atoms with Gasteiger partial charge in [0.25, 0.3) is 11.5 Å². The van der Waals surface area contributed by atoms with Gasteiger partial charge in [0.2, 0.25) is 0 Å². The van der Waals surface area contributed by atoms with E-state index in [0.29, 0.717) is 6.04 Å². The van der Waals surface area contributed by atoms with Crippen LogP contribution in [-0.2, 0) is 11.2 Å². The van der Waals surface area contributed by atoms with Crippen LogP contribution in [0.4, 0.5) is 4.39 Å². The van der Waals surface area contributed by atoms with Crippen LogP contribution in [0.2, 0.25) is 0 Å². The van der Waals surface area contributed by atoms with Gasteiger partial charge in [-0.2, -0.15) is 5.16 Å². The summed E-state index contributed by atoms with van der Waals surface area (Å²) in [5.41, 5.74) is 0.925. The second-order valence-electron chi connectivity index (χ2n) is 5.84. The number of carbonyl (C=O) groups is 1. The summed E-state index contributed by atoms with van der Waals surface area (Å²) in [7, 11) is 0. The molecular formula is C17H21FN2O4. The molecule has 1 aliphatic heterocycles. The van der Waals surface area contributed by atoms with Gasteiger partial charge in [-0.3, -0.25) is 9.59 Å². The number of nitrogens with one attached hydrogen (secondary N) is 2. The number of halogens is 1. The standard InChI is InChI=1S/C15H17FN2O2.C2H4O2/c16-12-3-1-10(2-4-12)7-13-8-11(5-6-17-13)14-9-15(19)18-20-14;1-2(3)4/h1-4,9,11,13,17H,5-8H2,(H,18,19);1H3,(H,3,4). The van der Waals surface area contributed by atoms with Crippen molar-refractivity contribution in [3.63, 3.8) is 0 Å². The molecule has 2 heterocycles. The van der Waals surface area contributed by atoms with E-state index in [2.05, 4.69) is 10.5 Å². The minimum absolute atomic E-state index is 0.186. The molecule has 1 aromatic heterocycles. The van der Waals surface area contributed by atoms with Crippen molar-refractivity contribution in [1.82, 2.24) is 10.5 Å². The highest BCUT2D eigenvalue weighted by Crippen LogP contribution is 2.27. The quantitative estimate of drug-likeness (QED) is 0.799. The summed E-state index contributed by atoms with van der Waals surface area (Å²) >= 11 is 0. The van der Waals surface area contributed by atoms with E-state index >= 15 is 0 Å². The number of aromatic amines is 1. The van der Waals surface area contributed by atoms with Gasteiger partial charge in [0.15, 0.2) is 0 Å². The number of aliphatic carboxylic acids is 1. The maximum atomic E-state index is 12.9. The van der Waals surface area contributed by atoms with Gasteiger partial charge in [-0.1, -0.05) is 12.1 Å². The average Bonchev–Trinajstić information content (AvgIpc) is 2.96. The molecule has 1 saturated heterocycles. The third-order valence-electron chi connectivity index (χ3n) is 3.84. The van der Waals surface area contributed by atoms with Crippen molar-refractivity contribution in [2.24, 2.45) is 0 Å². The molecule has 0 saturated carbocycles. The average molecular weight is 336 g/mol. The number of rotatable bonds is 3. The molecule has 7 heteroatoms. The Labute approximate surface area is 138 Å². The van der Waals surface area contributed by atoms with E-state index < -0.39 is 5.97 Å². The van der Waals surface area contributed by atoms with E-state index in [1.54, 1.807) is 0 Å². The number of aromatic nitrogens is 1. The van der Waals surface area contributed by atoms with Crippen molar-refractivity contribution in [3.8, 4) is 0 Å². The smallest absolute Gasteiger partial charge is 0.300 e. The molecule has 2 aromatic rings. The molecule has 1 aliphatic rings. The molecule has 1 fully saturated rings. The Kier molecular flexibility index (Phi) is 6.31. The molecule has 0 spiro atoms. The lowest BCUT2D eigenvalue weighted by molar-refractivity contribution is -0.134. The Hall–Kier alpha value is -2.41. The summed E-state index contributed by atoms with van der Waals surface area (Å²) < 4.78 is 18.1.